The van der Waals surface area contributed by atoms with E-state index in [0.29, 0.717) is 0 Å². The number of fused-ring (bicyclic) bond motifs is 9. The molecule has 0 atom stereocenters. The van der Waals surface area contributed by atoms with Crippen LogP contribution in [0, 0.1) is 0 Å². The molecular formula is C47H33NO. The molecule has 0 saturated heterocycles. The molecule has 1 aliphatic rings. The van der Waals surface area contributed by atoms with Gasteiger partial charge in [0.05, 0.1) is 5.69 Å². The van der Waals surface area contributed by atoms with E-state index in [0.717, 1.165) is 44.4 Å². The van der Waals surface area contributed by atoms with Crippen molar-refractivity contribution in [2.24, 2.45) is 0 Å². The number of para-hydroxylation sites is 1. The lowest BCUT2D eigenvalue weighted by Crippen LogP contribution is -2.16. The van der Waals surface area contributed by atoms with Gasteiger partial charge in [-0.05, 0) is 98.1 Å². The number of nitrogens with zero attached hydrogens (tertiary/aromatic N) is 1. The minimum atomic E-state index is -0.114. The van der Waals surface area contributed by atoms with Crippen LogP contribution in [-0.4, -0.2) is 0 Å². The predicted octanol–water partition coefficient (Wildman–Crippen LogP) is 13.3. The molecule has 1 heterocycles. The molecule has 0 N–H and O–H groups in total. The summed E-state index contributed by atoms with van der Waals surface area (Å²) in [5.41, 5.74) is 12.8. The minimum Gasteiger partial charge on any atom is -0.456 e. The highest BCUT2D eigenvalue weighted by atomic mass is 16.3. The Morgan fingerprint density at radius 2 is 1.10 bits per heavy atom. The van der Waals surface area contributed by atoms with E-state index in [9.17, 15) is 0 Å². The first kappa shape index (κ1) is 27.9. The maximum Gasteiger partial charge on any atom is 0.136 e. The second-order valence-corrected chi connectivity index (χ2v) is 13.8. The van der Waals surface area contributed by atoms with Gasteiger partial charge in [-0.3, -0.25) is 0 Å². The molecule has 1 aromatic heterocycles. The molecule has 2 heteroatoms. The van der Waals surface area contributed by atoms with E-state index < -0.39 is 0 Å². The number of anilines is 3. The quantitative estimate of drug-likeness (QED) is 0.181. The van der Waals surface area contributed by atoms with Crippen molar-refractivity contribution in [2.75, 3.05) is 4.90 Å². The Hall–Kier alpha value is -6.12. The van der Waals surface area contributed by atoms with Crippen LogP contribution in [0.4, 0.5) is 17.1 Å². The summed E-state index contributed by atoms with van der Waals surface area (Å²) in [5.74, 6) is 0. The maximum absolute atomic E-state index is 6.49. The third kappa shape index (κ3) is 4.20. The molecule has 0 saturated carbocycles. The molecule has 0 amide bonds. The van der Waals surface area contributed by atoms with Crippen molar-refractivity contribution in [3.05, 3.63) is 175 Å². The van der Waals surface area contributed by atoms with Gasteiger partial charge in [-0.1, -0.05) is 129 Å². The Morgan fingerprint density at radius 1 is 0.429 bits per heavy atom. The fraction of sp³-hybridized carbons (Fsp3) is 0.0638. The van der Waals surface area contributed by atoms with Crippen LogP contribution in [0.3, 0.4) is 0 Å². The lowest BCUT2D eigenvalue weighted by molar-refractivity contribution is 0.660. The average Bonchev–Trinajstić information content (AvgIpc) is 3.63. The van der Waals surface area contributed by atoms with E-state index in [1.807, 2.05) is 6.07 Å². The first-order valence-corrected chi connectivity index (χ1v) is 17.0. The van der Waals surface area contributed by atoms with Crippen LogP contribution in [0.15, 0.2) is 168 Å². The molecule has 0 aliphatic heterocycles. The maximum atomic E-state index is 6.49. The van der Waals surface area contributed by atoms with E-state index in [4.69, 9.17) is 4.42 Å². The van der Waals surface area contributed by atoms with Crippen molar-refractivity contribution >= 4 is 60.5 Å². The van der Waals surface area contributed by atoms with Crippen LogP contribution in [-0.2, 0) is 5.41 Å². The normalized spacial score (nSPS) is 13.3. The largest absolute Gasteiger partial charge is 0.456 e. The Bertz CT molecular complexity index is 2730. The van der Waals surface area contributed by atoms with Gasteiger partial charge in [0.25, 0.3) is 0 Å². The molecule has 0 fully saturated rings. The zero-order valence-electron chi connectivity index (χ0n) is 27.4. The molecule has 8 aromatic carbocycles. The van der Waals surface area contributed by atoms with Crippen LogP contribution >= 0.6 is 0 Å². The SMILES string of the molecule is CC1(C)c2ccccc2-c2ccc(N(c3ccc(-c4ccccc4)cc3)c3cc4ccccc4c4cc5c(cc34)oc3ccccc35)cc21. The molecule has 2 nitrogen and oxygen atoms in total. The second-order valence-electron chi connectivity index (χ2n) is 13.8. The van der Waals surface area contributed by atoms with E-state index in [1.165, 1.54) is 49.5 Å². The van der Waals surface area contributed by atoms with Gasteiger partial charge in [-0.15, -0.1) is 0 Å². The molecule has 0 bridgehead atoms. The Morgan fingerprint density at radius 3 is 1.96 bits per heavy atom. The van der Waals surface area contributed by atoms with Crippen LogP contribution in [0.2, 0.25) is 0 Å². The smallest absolute Gasteiger partial charge is 0.136 e. The molecule has 1 aliphatic carbocycles. The fourth-order valence-corrected chi connectivity index (χ4v) is 8.18. The molecule has 0 unspecified atom stereocenters. The third-order valence-corrected chi connectivity index (χ3v) is 10.6. The lowest BCUT2D eigenvalue weighted by Gasteiger charge is -2.29. The van der Waals surface area contributed by atoms with Gasteiger partial charge in [0.15, 0.2) is 0 Å². The molecule has 0 spiro atoms. The summed E-state index contributed by atoms with van der Waals surface area (Å²) < 4.78 is 6.49. The standard InChI is InChI=1S/C47H33NO/c1-47(2)42-18-10-8-16-36(42)37-25-24-34(27-43(37)47)48(33-22-20-31(21-23-33)30-12-4-3-5-13-30)44-26-32-14-6-7-15-35(32)39-28-41-38-17-9-11-19-45(38)49-46(41)29-40(39)44/h3-29H,1-2H3. The number of rotatable bonds is 4. The summed E-state index contributed by atoms with van der Waals surface area (Å²) in [6, 6.07) is 59.5. The summed E-state index contributed by atoms with van der Waals surface area (Å²) >= 11 is 0. The Kier molecular flexibility index (Phi) is 5.95. The molecule has 0 radical (unpaired) electrons. The van der Waals surface area contributed by atoms with Gasteiger partial charge in [-0.2, -0.15) is 0 Å². The van der Waals surface area contributed by atoms with E-state index in [-0.39, 0.29) is 5.41 Å². The van der Waals surface area contributed by atoms with Gasteiger partial charge in [0.2, 0.25) is 0 Å². The number of furan rings is 1. The van der Waals surface area contributed by atoms with Crippen LogP contribution in [0.1, 0.15) is 25.0 Å². The zero-order chi connectivity index (χ0) is 32.7. The highest BCUT2D eigenvalue weighted by molar-refractivity contribution is 6.20. The average molecular weight is 628 g/mol. The highest BCUT2D eigenvalue weighted by Gasteiger charge is 2.36. The third-order valence-electron chi connectivity index (χ3n) is 10.6. The van der Waals surface area contributed by atoms with Crippen molar-refractivity contribution in [3.63, 3.8) is 0 Å². The van der Waals surface area contributed by atoms with Crippen LogP contribution < -0.4 is 4.90 Å². The number of hydrogen-bond acceptors (Lipinski definition) is 2. The van der Waals surface area contributed by atoms with Gasteiger partial charge >= 0.3 is 0 Å². The van der Waals surface area contributed by atoms with Gasteiger partial charge < -0.3 is 9.32 Å². The van der Waals surface area contributed by atoms with Crippen molar-refractivity contribution in [1.82, 2.24) is 0 Å². The predicted molar refractivity (Wildman–Crippen MR) is 206 cm³/mol. The first-order chi connectivity index (χ1) is 24.0. The van der Waals surface area contributed by atoms with Gasteiger partial charge in [-0.25, -0.2) is 0 Å². The van der Waals surface area contributed by atoms with E-state index in [1.54, 1.807) is 0 Å². The monoisotopic (exact) mass is 627 g/mol. The molecular weight excluding hydrogens is 595 g/mol. The molecule has 9 aromatic rings. The molecule has 232 valence electrons. The number of hydrogen-bond donors (Lipinski definition) is 0. The van der Waals surface area contributed by atoms with Crippen LogP contribution in [0.5, 0.6) is 0 Å². The van der Waals surface area contributed by atoms with Crippen molar-refractivity contribution in [3.8, 4) is 22.3 Å². The van der Waals surface area contributed by atoms with Crippen molar-refractivity contribution in [1.29, 1.82) is 0 Å². The Labute approximate surface area is 285 Å². The summed E-state index contributed by atoms with van der Waals surface area (Å²) in [7, 11) is 0. The lowest BCUT2D eigenvalue weighted by atomic mass is 9.82. The number of benzene rings is 8. The summed E-state index contributed by atoms with van der Waals surface area (Å²) in [4.78, 5) is 2.44. The van der Waals surface area contributed by atoms with Crippen molar-refractivity contribution < 1.29 is 4.42 Å². The fourth-order valence-electron chi connectivity index (χ4n) is 8.18. The Balaban J connectivity index is 1.26. The first-order valence-electron chi connectivity index (χ1n) is 17.0. The summed E-state index contributed by atoms with van der Waals surface area (Å²) in [5, 5.41) is 7.09. The minimum absolute atomic E-state index is 0.114. The zero-order valence-corrected chi connectivity index (χ0v) is 27.4. The van der Waals surface area contributed by atoms with E-state index >= 15 is 0 Å². The highest BCUT2D eigenvalue weighted by Crippen LogP contribution is 2.51. The molecule has 10 rings (SSSR count). The topological polar surface area (TPSA) is 16.4 Å². The summed E-state index contributed by atoms with van der Waals surface area (Å²) in [6.07, 6.45) is 0. The van der Waals surface area contributed by atoms with Crippen LogP contribution in [0.25, 0.3) is 65.7 Å². The van der Waals surface area contributed by atoms with Gasteiger partial charge in [0, 0.05) is 32.9 Å². The summed E-state index contributed by atoms with van der Waals surface area (Å²) in [6.45, 7) is 4.70. The van der Waals surface area contributed by atoms with Gasteiger partial charge in [0.1, 0.15) is 11.2 Å². The van der Waals surface area contributed by atoms with Crippen molar-refractivity contribution in [2.45, 2.75) is 19.3 Å². The van der Waals surface area contributed by atoms with E-state index in [2.05, 4.69) is 176 Å². The second kappa shape index (κ2) is 10.4. The molecule has 49 heavy (non-hydrogen) atoms.